The predicted molar refractivity (Wildman–Crippen MR) is 127 cm³/mol. The lowest BCUT2D eigenvalue weighted by Crippen LogP contribution is -2.54. The largest absolute Gasteiger partial charge is 0.495 e. The van der Waals surface area contributed by atoms with Crippen LogP contribution in [-0.2, 0) is 10.0 Å². The van der Waals surface area contributed by atoms with E-state index in [0.717, 1.165) is 6.07 Å². The summed E-state index contributed by atoms with van der Waals surface area (Å²) in [5.74, 6) is -0.236. The Labute approximate surface area is 199 Å². The topological polar surface area (TPSA) is 79.0 Å². The molecule has 1 unspecified atom stereocenters. The molecule has 33 heavy (non-hydrogen) atoms. The van der Waals surface area contributed by atoms with Gasteiger partial charge in [0, 0.05) is 31.2 Å². The number of sulfonamides is 1. The van der Waals surface area contributed by atoms with E-state index in [2.05, 4.69) is 4.72 Å². The van der Waals surface area contributed by atoms with Gasteiger partial charge in [-0.1, -0.05) is 11.6 Å². The number of carbonyl (C=O) groups excluding carboxylic acids is 1. The summed E-state index contributed by atoms with van der Waals surface area (Å²) < 4.78 is 47.2. The molecule has 0 bridgehead atoms. The van der Waals surface area contributed by atoms with E-state index in [0.29, 0.717) is 31.1 Å². The first-order chi connectivity index (χ1) is 15.3. The Bertz CT molecular complexity index is 1150. The molecule has 1 fully saturated rings. The number of ether oxygens (including phenoxy) is 1. The number of carbonyl (C=O) groups is 1. The zero-order valence-electron chi connectivity index (χ0n) is 19.4. The Morgan fingerprint density at radius 2 is 1.88 bits per heavy atom. The van der Waals surface area contributed by atoms with E-state index in [1.807, 2.05) is 11.8 Å². The van der Waals surface area contributed by atoms with E-state index >= 15 is 0 Å². The summed E-state index contributed by atoms with van der Waals surface area (Å²) in [6, 6.07) is 8.32. The van der Waals surface area contributed by atoms with Gasteiger partial charge in [-0.25, -0.2) is 17.5 Å². The average Bonchev–Trinajstić information content (AvgIpc) is 2.71. The normalized spacial score (nSPS) is 17.2. The zero-order chi connectivity index (χ0) is 24.6. The van der Waals surface area contributed by atoms with Crippen molar-refractivity contribution in [3.63, 3.8) is 0 Å². The minimum Gasteiger partial charge on any atom is -0.495 e. The SMILES string of the molecule is COc1ccc(S(=O)(=O)NC(C)(C)C)cc1N1CCN(C(=O)c2ccc(F)cc2Cl)CC1C. The molecule has 1 atom stereocenters. The number of nitrogens with one attached hydrogen (secondary N) is 1. The number of piperazine rings is 1. The second-order valence-corrected chi connectivity index (χ2v) is 11.2. The van der Waals surface area contributed by atoms with Gasteiger partial charge in [-0.3, -0.25) is 4.79 Å². The maximum atomic E-state index is 13.4. The molecule has 3 rings (SSSR count). The highest BCUT2D eigenvalue weighted by Gasteiger charge is 2.31. The van der Waals surface area contributed by atoms with Crippen LogP contribution in [-0.4, -0.2) is 57.5 Å². The fourth-order valence-corrected chi connectivity index (χ4v) is 5.54. The molecule has 2 aromatic rings. The fourth-order valence-electron chi connectivity index (χ4n) is 3.86. The summed E-state index contributed by atoms with van der Waals surface area (Å²) >= 11 is 6.07. The number of hydrogen-bond donors (Lipinski definition) is 1. The van der Waals surface area contributed by atoms with Crippen LogP contribution in [0.1, 0.15) is 38.1 Å². The summed E-state index contributed by atoms with van der Waals surface area (Å²) in [6.07, 6.45) is 0. The lowest BCUT2D eigenvalue weighted by atomic mass is 10.1. The summed E-state index contributed by atoms with van der Waals surface area (Å²) in [5, 5.41) is 0.0704. The lowest BCUT2D eigenvalue weighted by Gasteiger charge is -2.41. The Morgan fingerprint density at radius 3 is 2.45 bits per heavy atom. The van der Waals surface area contributed by atoms with Crippen LogP contribution in [0.15, 0.2) is 41.3 Å². The van der Waals surface area contributed by atoms with Gasteiger partial charge in [0.15, 0.2) is 0 Å². The number of halogens is 2. The third kappa shape index (κ3) is 5.77. The molecule has 1 aliphatic heterocycles. The maximum Gasteiger partial charge on any atom is 0.255 e. The van der Waals surface area contributed by atoms with Gasteiger partial charge in [-0.05, 0) is 64.1 Å². The maximum absolute atomic E-state index is 13.4. The summed E-state index contributed by atoms with van der Waals surface area (Å²) in [7, 11) is -2.20. The Morgan fingerprint density at radius 1 is 1.18 bits per heavy atom. The number of methoxy groups -OCH3 is 1. The van der Waals surface area contributed by atoms with E-state index in [1.165, 1.54) is 25.3 Å². The quantitative estimate of drug-likeness (QED) is 0.677. The molecule has 0 spiro atoms. The smallest absolute Gasteiger partial charge is 0.255 e. The molecule has 1 heterocycles. The molecular formula is C23H29ClFN3O4S. The molecule has 180 valence electrons. The molecule has 1 aliphatic rings. The van der Waals surface area contributed by atoms with Crippen molar-refractivity contribution in [3.05, 3.63) is 52.8 Å². The van der Waals surface area contributed by atoms with Gasteiger partial charge in [0.05, 0.1) is 28.3 Å². The van der Waals surface area contributed by atoms with E-state index in [-0.39, 0.29) is 27.4 Å². The van der Waals surface area contributed by atoms with Crippen LogP contribution in [0.3, 0.4) is 0 Å². The molecule has 0 aromatic heterocycles. The fraction of sp³-hybridized carbons (Fsp3) is 0.435. The van der Waals surface area contributed by atoms with Crippen LogP contribution < -0.4 is 14.4 Å². The van der Waals surface area contributed by atoms with Crippen molar-refractivity contribution in [2.75, 3.05) is 31.6 Å². The number of nitrogens with zero attached hydrogens (tertiary/aromatic N) is 2. The summed E-state index contributed by atoms with van der Waals surface area (Å²) in [5.41, 5.74) is 0.256. The molecule has 1 saturated heterocycles. The van der Waals surface area contributed by atoms with Crippen LogP contribution in [0.5, 0.6) is 5.75 Å². The van der Waals surface area contributed by atoms with Gasteiger partial charge in [-0.15, -0.1) is 0 Å². The van der Waals surface area contributed by atoms with Crippen LogP contribution in [0.2, 0.25) is 5.02 Å². The standard InChI is InChI=1S/C23H29ClFN3O4S/c1-15-14-27(22(29)18-8-6-16(25)12-19(18)24)10-11-28(15)20-13-17(7-9-21(20)32-5)33(30,31)26-23(2,3)4/h6-9,12-13,15,26H,10-11,14H2,1-5H3. The third-order valence-corrected chi connectivity index (χ3v) is 7.36. The highest BCUT2D eigenvalue weighted by Crippen LogP contribution is 2.34. The molecule has 0 radical (unpaired) electrons. The highest BCUT2D eigenvalue weighted by molar-refractivity contribution is 7.89. The van der Waals surface area contributed by atoms with E-state index in [9.17, 15) is 17.6 Å². The van der Waals surface area contributed by atoms with Crippen LogP contribution in [0.25, 0.3) is 0 Å². The van der Waals surface area contributed by atoms with Crippen molar-refractivity contribution < 1.29 is 22.3 Å². The molecule has 1 N–H and O–H groups in total. The van der Waals surface area contributed by atoms with Gasteiger partial charge in [0.25, 0.3) is 5.91 Å². The van der Waals surface area contributed by atoms with Crippen molar-refractivity contribution in [1.82, 2.24) is 9.62 Å². The molecule has 1 amide bonds. The zero-order valence-corrected chi connectivity index (χ0v) is 20.9. The van der Waals surface area contributed by atoms with Gasteiger partial charge in [0.1, 0.15) is 11.6 Å². The Kier molecular flexibility index (Phi) is 7.26. The molecule has 0 saturated carbocycles. The lowest BCUT2D eigenvalue weighted by molar-refractivity contribution is 0.0726. The third-order valence-electron chi connectivity index (χ3n) is 5.29. The first kappa shape index (κ1) is 25.3. The molecule has 10 heteroatoms. The number of hydrogen-bond acceptors (Lipinski definition) is 5. The van der Waals surface area contributed by atoms with Crippen molar-refractivity contribution in [1.29, 1.82) is 0 Å². The van der Waals surface area contributed by atoms with Crippen molar-refractivity contribution in [2.45, 2.75) is 44.2 Å². The Balaban J connectivity index is 1.85. The summed E-state index contributed by atoms with van der Waals surface area (Å²) in [6.45, 7) is 8.50. The number of benzene rings is 2. The number of amides is 1. The van der Waals surface area contributed by atoms with Gasteiger partial charge < -0.3 is 14.5 Å². The van der Waals surface area contributed by atoms with Crippen molar-refractivity contribution >= 4 is 33.2 Å². The van der Waals surface area contributed by atoms with Crippen LogP contribution in [0.4, 0.5) is 10.1 Å². The number of anilines is 1. The minimum absolute atomic E-state index is 0.0704. The average molecular weight is 498 g/mol. The van der Waals surface area contributed by atoms with Crippen LogP contribution >= 0.6 is 11.6 Å². The second kappa shape index (κ2) is 9.48. The van der Waals surface area contributed by atoms with E-state index in [1.54, 1.807) is 37.8 Å². The molecule has 2 aromatic carbocycles. The van der Waals surface area contributed by atoms with Gasteiger partial charge in [-0.2, -0.15) is 0 Å². The molecular weight excluding hydrogens is 469 g/mol. The Hall–Kier alpha value is -2.36. The first-order valence-electron chi connectivity index (χ1n) is 10.6. The highest BCUT2D eigenvalue weighted by atomic mass is 35.5. The monoisotopic (exact) mass is 497 g/mol. The van der Waals surface area contributed by atoms with Gasteiger partial charge in [0.2, 0.25) is 10.0 Å². The predicted octanol–water partition coefficient (Wildman–Crippen LogP) is 3.92. The van der Waals surface area contributed by atoms with Gasteiger partial charge >= 0.3 is 0 Å². The number of rotatable bonds is 5. The molecule has 7 nitrogen and oxygen atoms in total. The minimum atomic E-state index is -3.73. The second-order valence-electron chi connectivity index (χ2n) is 9.11. The van der Waals surface area contributed by atoms with Crippen molar-refractivity contribution in [3.8, 4) is 5.75 Å². The van der Waals surface area contributed by atoms with Crippen molar-refractivity contribution in [2.24, 2.45) is 0 Å². The molecule has 0 aliphatic carbocycles. The van der Waals surface area contributed by atoms with Crippen LogP contribution in [0, 0.1) is 5.82 Å². The van der Waals surface area contributed by atoms with E-state index in [4.69, 9.17) is 16.3 Å². The summed E-state index contributed by atoms with van der Waals surface area (Å²) in [4.78, 5) is 16.8. The van der Waals surface area contributed by atoms with E-state index < -0.39 is 21.4 Å². The first-order valence-corrected chi connectivity index (χ1v) is 12.4.